The number of carbonyl (C=O) groups is 2. The number of imide groups is 1. The molecule has 5 heteroatoms. The van der Waals surface area contributed by atoms with Crippen LogP contribution in [0.15, 0.2) is 36.4 Å². The molecule has 2 aromatic rings. The van der Waals surface area contributed by atoms with E-state index in [1.165, 1.54) is 17.0 Å². The molecule has 2 aromatic carbocycles. The lowest BCUT2D eigenvalue weighted by Crippen LogP contribution is -2.29. The molecule has 0 unspecified atom stereocenters. The average molecular weight is 395 g/mol. The van der Waals surface area contributed by atoms with E-state index in [2.05, 4.69) is 22.6 Å². The topological polar surface area (TPSA) is 37.4 Å². The van der Waals surface area contributed by atoms with E-state index in [4.69, 9.17) is 0 Å². The van der Waals surface area contributed by atoms with Crippen LogP contribution in [0.25, 0.3) is 0 Å². The zero-order valence-corrected chi connectivity index (χ0v) is 13.3. The Morgan fingerprint density at radius 1 is 1.14 bits per heavy atom. The molecule has 0 aliphatic carbocycles. The summed E-state index contributed by atoms with van der Waals surface area (Å²) in [6.07, 6.45) is 0. The van der Waals surface area contributed by atoms with Gasteiger partial charge < -0.3 is 0 Å². The standard InChI is InChI=1S/C16H11FINO2/c1-9-7-11(17)6-5-10(9)8-19-15(20)12-3-2-4-13(18)14(12)16(19)21/h2-7H,8H2,1H3. The average Bonchev–Trinajstić information content (AvgIpc) is 2.68. The summed E-state index contributed by atoms with van der Waals surface area (Å²) in [5.74, 6) is -0.908. The van der Waals surface area contributed by atoms with Crippen molar-refractivity contribution in [1.82, 2.24) is 4.90 Å². The molecule has 2 amide bonds. The number of rotatable bonds is 2. The summed E-state index contributed by atoms with van der Waals surface area (Å²) in [7, 11) is 0. The van der Waals surface area contributed by atoms with Gasteiger partial charge in [-0.05, 0) is 64.9 Å². The minimum Gasteiger partial charge on any atom is -0.270 e. The Morgan fingerprint density at radius 2 is 1.90 bits per heavy atom. The SMILES string of the molecule is Cc1cc(F)ccc1CN1C(=O)c2cccc(I)c2C1=O. The molecule has 0 saturated carbocycles. The summed E-state index contributed by atoms with van der Waals surface area (Å²) in [4.78, 5) is 26.0. The highest BCUT2D eigenvalue weighted by atomic mass is 127. The van der Waals surface area contributed by atoms with Crippen molar-refractivity contribution in [2.24, 2.45) is 0 Å². The lowest BCUT2D eigenvalue weighted by Gasteiger charge is -2.15. The molecule has 3 nitrogen and oxygen atoms in total. The molecule has 0 atom stereocenters. The van der Waals surface area contributed by atoms with Gasteiger partial charge in [0.05, 0.1) is 17.7 Å². The Labute approximate surface area is 134 Å². The van der Waals surface area contributed by atoms with Crippen LogP contribution in [0, 0.1) is 16.3 Å². The summed E-state index contributed by atoms with van der Waals surface area (Å²) in [5, 5.41) is 0. The lowest BCUT2D eigenvalue weighted by molar-refractivity contribution is 0.0642. The van der Waals surface area contributed by atoms with Crippen LogP contribution in [-0.4, -0.2) is 16.7 Å². The number of benzene rings is 2. The first-order valence-corrected chi connectivity index (χ1v) is 7.46. The first-order valence-electron chi connectivity index (χ1n) is 6.39. The van der Waals surface area contributed by atoms with Crippen molar-refractivity contribution in [2.45, 2.75) is 13.5 Å². The second-order valence-electron chi connectivity index (χ2n) is 4.93. The highest BCUT2D eigenvalue weighted by molar-refractivity contribution is 14.1. The van der Waals surface area contributed by atoms with Crippen LogP contribution in [0.4, 0.5) is 4.39 Å². The number of nitrogens with zero attached hydrogens (tertiary/aromatic N) is 1. The van der Waals surface area contributed by atoms with Gasteiger partial charge in [0.1, 0.15) is 5.82 Å². The fourth-order valence-corrected chi connectivity index (χ4v) is 3.17. The van der Waals surface area contributed by atoms with Crippen molar-refractivity contribution in [3.8, 4) is 0 Å². The predicted octanol–water partition coefficient (Wildman–Crippen LogP) is 3.53. The smallest absolute Gasteiger partial charge is 0.262 e. The number of hydrogen-bond donors (Lipinski definition) is 0. The molecule has 106 valence electrons. The van der Waals surface area contributed by atoms with Gasteiger partial charge in [-0.3, -0.25) is 14.5 Å². The molecule has 0 spiro atoms. The normalized spacial score (nSPS) is 13.8. The van der Waals surface area contributed by atoms with Crippen LogP contribution >= 0.6 is 22.6 Å². The van der Waals surface area contributed by atoms with E-state index in [0.717, 1.165) is 14.7 Å². The van der Waals surface area contributed by atoms with Gasteiger partial charge in [0.25, 0.3) is 11.8 Å². The number of carbonyl (C=O) groups excluding carboxylic acids is 2. The van der Waals surface area contributed by atoms with Crippen molar-refractivity contribution >= 4 is 34.4 Å². The van der Waals surface area contributed by atoms with Gasteiger partial charge >= 0.3 is 0 Å². The minimum absolute atomic E-state index is 0.161. The third-order valence-corrected chi connectivity index (χ3v) is 4.48. The number of amides is 2. The number of halogens is 2. The zero-order chi connectivity index (χ0) is 15.1. The van der Waals surface area contributed by atoms with Crippen LogP contribution in [0.5, 0.6) is 0 Å². The van der Waals surface area contributed by atoms with Gasteiger partial charge in [-0.25, -0.2) is 4.39 Å². The number of hydrogen-bond acceptors (Lipinski definition) is 2. The summed E-state index contributed by atoms with van der Waals surface area (Å²) in [5.41, 5.74) is 2.39. The molecule has 3 rings (SSSR count). The molecule has 0 radical (unpaired) electrons. The fraction of sp³-hybridized carbons (Fsp3) is 0.125. The molecule has 0 fully saturated rings. The molecule has 1 aliphatic heterocycles. The van der Waals surface area contributed by atoms with E-state index in [-0.39, 0.29) is 24.2 Å². The summed E-state index contributed by atoms with van der Waals surface area (Å²) < 4.78 is 13.9. The van der Waals surface area contributed by atoms with Crippen molar-refractivity contribution in [1.29, 1.82) is 0 Å². The van der Waals surface area contributed by atoms with E-state index in [0.29, 0.717) is 11.1 Å². The maximum Gasteiger partial charge on any atom is 0.262 e. The monoisotopic (exact) mass is 395 g/mol. The highest BCUT2D eigenvalue weighted by Gasteiger charge is 2.36. The van der Waals surface area contributed by atoms with Crippen LogP contribution in [0.1, 0.15) is 31.8 Å². The van der Waals surface area contributed by atoms with Crippen molar-refractivity contribution in [3.05, 3.63) is 68.0 Å². The van der Waals surface area contributed by atoms with Gasteiger partial charge in [-0.1, -0.05) is 12.1 Å². The van der Waals surface area contributed by atoms with Gasteiger partial charge in [-0.2, -0.15) is 0 Å². The quantitative estimate of drug-likeness (QED) is 0.577. The first kappa shape index (κ1) is 14.2. The molecule has 0 N–H and O–H groups in total. The Kier molecular flexibility index (Phi) is 3.52. The predicted molar refractivity (Wildman–Crippen MR) is 84.5 cm³/mol. The summed E-state index contributed by atoms with van der Waals surface area (Å²) in [6.45, 7) is 1.93. The first-order chi connectivity index (χ1) is 9.99. The molecular weight excluding hydrogens is 384 g/mol. The zero-order valence-electron chi connectivity index (χ0n) is 11.2. The van der Waals surface area contributed by atoms with E-state index in [9.17, 15) is 14.0 Å². The summed E-state index contributed by atoms with van der Waals surface area (Å²) >= 11 is 2.05. The second kappa shape index (κ2) is 5.22. The molecule has 21 heavy (non-hydrogen) atoms. The Morgan fingerprint density at radius 3 is 2.57 bits per heavy atom. The molecule has 0 saturated heterocycles. The Bertz CT molecular complexity index is 773. The number of aryl methyl sites for hydroxylation is 1. The molecule has 0 aromatic heterocycles. The van der Waals surface area contributed by atoms with Gasteiger partial charge in [0.15, 0.2) is 0 Å². The second-order valence-corrected chi connectivity index (χ2v) is 6.09. The third-order valence-electron chi connectivity index (χ3n) is 3.58. The van der Waals surface area contributed by atoms with E-state index in [1.54, 1.807) is 31.2 Å². The fourth-order valence-electron chi connectivity index (χ4n) is 2.44. The van der Waals surface area contributed by atoms with E-state index in [1.807, 2.05) is 0 Å². The van der Waals surface area contributed by atoms with Crippen LogP contribution in [-0.2, 0) is 6.54 Å². The van der Waals surface area contributed by atoms with E-state index < -0.39 is 0 Å². The summed E-state index contributed by atoms with van der Waals surface area (Å²) in [6, 6.07) is 9.57. The minimum atomic E-state index is -0.326. The molecule has 1 heterocycles. The number of fused-ring (bicyclic) bond motifs is 1. The third kappa shape index (κ3) is 2.35. The molecule has 0 bridgehead atoms. The Hall–Kier alpha value is -1.76. The van der Waals surface area contributed by atoms with Crippen LogP contribution in [0.2, 0.25) is 0 Å². The van der Waals surface area contributed by atoms with E-state index >= 15 is 0 Å². The van der Waals surface area contributed by atoms with Gasteiger partial charge in [0.2, 0.25) is 0 Å². The molecular formula is C16H11FINO2. The van der Waals surface area contributed by atoms with Crippen molar-refractivity contribution in [3.63, 3.8) is 0 Å². The molecule has 1 aliphatic rings. The largest absolute Gasteiger partial charge is 0.270 e. The van der Waals surface area contributed by atoms with Crippen LogP contribution in [0.3, 0.4) is 0 Å². The van der Waals surface area contributed by atoms with Gasteiger partial charge in [0, 0.05) is 3.57 Å². The van der Waals surface area contributed by atoms with Crippen LogP contribution < -0.4 is 0 Å². The Balaban J connectivity index is 1.97. The van der Waals surface area contributed by atoms with Crippen molar-refractivity contribution in [2.75, 3.05) is 0 Å². The lowest BCUT2D eigenvalue weighted by atomic mass is 10.1. The maximum atomic E-state index is 13.1. The van der Waals surface area contributed by atoms with Gasteiger partial charge in [-0.15, -0.1) is 0 Å². The highest BCUT2D eigenvalue weighted by Crippen LogP contribution is 2.28. The maximum absolute atomic E-state index is 13.1. The van der Waals surface area contributed by atoms with Crippen molar-refractivity contribution < 1.29 is 14.0 Å².